The van der Waals surface area contributed by atoms with Crippen LogP contribution in [-0.2, 0) is 0 Å². The first-order valence-corrected chi connectivity index (χ1v) is 3.04. The summed E-state index contributed by atoms with van der Waals surface area (Å²) in [6.07, 6.45) is 5.13. The average molecular weight is 109 g/mol. The van der Waals surface area contributed by atoms with Crippen LogP contribution in [0.1, 0.15) is 20.3 Å². The summed E-state index contributed by atoms with van der Waals surface area (Å²) >= 11 is 0. The van der Waals surface area contributed by atoms with Gasteiger partial charge in [-0.3, -0.25) is 4.99 Å². The number of aliphatic imine (C=N–C) groups is 1. The Bertz CT molecular complexity index is 133. The summed E-state index contributed by atoms with van der Waals surface area (Å²) in [7, 11) is 0. The molecule has 1 unspecified atom stereocenters. The standard InChI is InChI=1S/C7H11N/c1-3-7-5-8-4-6(7)2/h4-5,7H,3H2,1-2H3. The van der Waals surface area contributed by atoms with Crippen molar-refractivity contribution in [3.05, 3.63) is 11.8 Å². The highest BCUT2D eigenvalue weighted by atomic mass is 14.7. The summed E-state index contributed by atoms with van der Waals surface area (Å²) in [5.74, 6) is 0.634. The Morgan fingerprint density at radius 3 is 2.75 bits per heavy atom. The predicted octanol–water partition coefficient (Wildman–Crippen LogP) is 2.00. The molecule has 0 aromatic carbocycles. The third-order valence-electron chi connectivity index (χ3n) is 1.57. The Labute approximate surface area is 50.1 Å². The van der Waals surface area contributed by atoms with Crippen LogP contribution >= 0.6 is 0 Å². The molecule has 0 N–H and O–H groups in total. The van der Waals surface area contributed by atoms with Gasteiger partial charge >= 0.3 is 0 Å². The molecule has 0 aromatic rings. The number of rotatable bonds is 1. The number of nitrogens with zero attached hydrogens (tertiary/aromatic N) is 1. The lowest BCUT2D eigenvalue weighted by Crippen LogP contribution is -1.95. The fraction of sp³-hybridized carbons (Fsp3) is 0.571. The predicted molar refractivity (Wildman–Crippen MR) is 36.0 cm³/mol. The van der Waals surface area contributed by atoms with Gasteiger partial charge in [0.15, 0.2) is 0 Å². The van der Waals surface area contributed by atoms with Crippen molar-refractivity contribution in [2.45, 2.75) is 20.3 Å². The second kappa shape index (κ2) is 2.12. The molecule has 0 fully saturated rings. The molecular weight excluding hydrogens is 98.1 g/mol. The van der Waals surface area contributed by atoms with Gasteiger partial charge in [-0.05, 0) is 18.9 Å². The van der Waals surface area contributed by atoms with Crippen LogP contribution in [0.2, 0.25) is 0 Å². The van der Waals surface area contributed by atoms with Gasteiger partial charge in [0.1, 0.15) is 0 Å². The molecule has 1 heterocycles. The zero-order valence-corrected chi connectivity index (χ0v) is 5.39. The van der Waals surface area contributed by atoms with Crippen molar-refractivity contribution in [1.82, 2.24) is 0 Å². The maximum Gasteiger partial charge on any atom is 0.0259 e. The van der Waals surface area contributed by atoms with Crippen molar-refractivity contribution in [1.29, 1.82) is 0 Å². The smallest absolute Gasteiger partial charge is 0.0259 e. The van der Waals surface area contributed by atoms with Gasteiger partial charge in [-0.25, -0.2) is 0 Å². The quantitative estimate of drug-likeness (QED) is 0.488. The van der Waals surface area contributed by atoms with Crippen LogP contribution in [0.25, 0.3) is 0 Å². The van der Waals surface area contributed by atoms with Gasteiger partial charge < -0.3 is 0 Å². The van der Waals surface area contributed by atoms with E-state index in [2.05, 4.69) is 18.8 Å². The molecule has 1 nitrogen and oxygen atoms in total. The second-order valence-electron chi connectivity index (χ2n) is 2.19. The summed E-state index contributed by atoms with van der Waals surface area (Å²) in [6.45, 7) is 4.31. The molecule has 0 saturated heterocycles. The van der Waals surface area contributed by atoms with E-state index in [4.69, 9.17) is 0 Å². The monoisotopic (exact) mass is 109 g/mol. The number of hydrogen-bond donors (Lipinski definition) is 0. The van der Waals surface area contributed by atoms with Gasteiger partial charge in [0.05, 0.1) is 0 Å². The number of hydrogen-bond acceptors (Lipinski definition) is 1. The molecule has 1 aliphatic heterocycles. The number of allylic oxidation sites excluding steroid dienone is 1. The van der Waals surface area contributed by atoms with Crippen LogP contribution in [0.3, 0.4) is 0 Å². The molecule has 0 amide bonds. The topological polar surface area (TPSA) is 12.4 Å². The SMILES string of the molecule is CCC1C=NC=C1C. The van der Waals surface area contributed by atoms with E-state index in [0.29, 0.717) is 5.92 Å². The molecule has 0 aromatic heterocycles. The van der Waals surface area contributed by atoms with Crippen molar-refractivity contribution in [2.75, 3.05) is 0 Å². The molecule has 0 bridgehead atoms. The lowest BCUT2D eigenvalue weighted by atomic mass is 10.0. The maximum atomic E-state index is 4.03. The van der Waals surface area contributed by atoms with Gasteiger partial charge in [-0.2, -0.15) is 0 Å². The summed E-state index contributed by atoms with van der Waals surface area (Å²) in [5.41, 5.74) is 1.40. The Morgan fingerprint density at radius 2 is 2.50 bits per heavy atom. The van der Waals surface area contributed by atoms with Gasteiger partial charge in [0.25, 0.3) is 0 Å². The fourth-order valence-corrected chi connectivity index (χ4v) is 0.905. The molecule has 1 atom stereocenters. The lowest BCUT2D eigenvalue weighted by Gasteiger charge is -2.00. The Kier molecular flexibility index (Phi) is 1.47. The molecule has 0 spiro atoms. The molecule has 1 heteroatoms. The normalized spacial score (nSPS) is 26.2. The van der Waals surface area contributed by atoms with Crippen LogP contribution in [0.15, 0.2) is 16.8 Å². The van der Waals surface area contributed by atoms with E-state index >= 15 is 0 Å². The van der Waals surface area contributed by atoms with Crippen molar-refractivity contribution in [2.24, 2.45) is 10.9 Å². The molecule has 0 aliphatic carbocycles. The second-order valence-corrected chi connectivity index (χ2v) is 2.19. The van der Waals surface area contributed by atoms with Crippen molar-refractivity contribution in [3.8, 4) is 0 Å². The van der Waals surface area contributed by atoms with Crippen molar-refractivity contribution >= 4 is 6.21 Å². The summed E-state index contributed by atoms with van der Waals surface area (Å²) in [5, 5.41) is 0. The Balaban J connectivity index is 2.58. The molecule has 8 heavy (non-hydrogen) atoms. The fourth-order valence-electron chi connectivity index (χ4n) is 0.905. The van der Waals surface area contributed by atoms with Gasteiger partial charge in [-0.1, -0.05) is 6.92 Å². The van der Waals surface area contributed by atoms with Gasteiger partial charge in [-0.15, -0.1) is 0 Å². The average Bonchev–Trinajstić information content (AvgIpc) is 2.14. The van der Waals surface area contributed by atoms with Crippen LogP contribution in [0.4, 0.5) is 0 Å². The van der Waals surface area contributed by atoms with Crippen molar-refractivity contribution < 1.29 is 0 Å². The highest BCUT2D eigenvalue weighted by Gasteiger charge is 2.07. The van der Waals surface area contributed by atoms with E-state index in [-0.39, 0.29) is 0 Å². The zero-order chi connectivity index (χ0) is 5.98. The van der Waals surface area contributed by atoms with E-state index in [9.17, 15) is 0 Å². The Hall–Kier alpha value is -0.590. The van der Waals surface area contributed by atoms with E-state index in [1.165, 1.54) is 12.0 Å². The minimum absolute atomic E-state index is 0.634. The first-order chi connectivity index (χ1) is 3.84. The van der Waals surface area contributed by atoms with Crippen LogP contribution < -0.4 is 0 Å². The van der Waals surface area contributed by atoms with E-state index in [1.54, 1.807) is 0 Å². The molecule has 1 aliphatic rings. The summed E-state index contributed by atoms with van der Waals surface area (Å²) in [4.78, 5) is 4.03. The highest BCUT2D eigenvalue weighted by molar-refractivity contribution is 5.68. The summed E-state index contributed by atoms with van der Waals surface area (Å²) in [6, 6.07) is 0. The third-order valence-corrected chi connectivity index (χ3v) is 1.57. The first-order valence-electron chi connectivity index (χ1n) is 3.04. The first kappa shape index (κ1) is 5.54. The molecule has 0 radical (unpaired) electrons. The van der Waals surface area contributed by atoms with Crippen LogP contribution in [-0.4, -0.2) is 6.21 Å². The minimum atomic E-state index is 0.634. The summed E-state index contributed by atoms with van der Waals surface area (Å²) < 4.78 is 0. The van der Waals surface area contributed by atoms with Crippen LogP contribution in [0, 0.1) is 5.92 Å². The van der Waals surface area contributed by atoms with Crippen molar-refractivity contribution in [3.63, 3.8) is 0 Å². The van der Waals surface area contributed by atoms with Crippen LogP contribution in [0.5, 0.6) is 0 Å². The maximum absolute atomic E-state index is 4.03. The van der Waals surface area contributed by atoms with E-state index in [0.717, 1.165) is 0 Å². The molecule has 0 saturated carbocycles. The minimum Gasteiger partial charge on any atom is -0.268 e. The lowest BCUT2D eigenvalue weighted by molar-refractivity contribution is 0.794. The largest absolute Gasteiger partial charge is 0.268 e. The van der Waals surface area contributed by atoms with E-state index < -0.39 is 0 Å². The molecule has 1 rings (SSSR count). The zero-order valence-electron chi connectivity index (χ0n) is 5.39. The Morgan fingerprint density at radius 1 is 1.75 bits per heavy atom. The van der Waals surface area contributed by atoms with Gasteiger partial charge in [0.2, 0.25) is 0 Å². The third kappa shape index (κ3) is 0.808. The molecular formula is C7H11N. The molecule has 44 valence electrons. The van der Waals surface area contributed by atoms with E-state index in [1.807, 2.05) is 12.4 Å². The van der Waals surface area contributed by atoms with Gasteiger partial charge in [0, 0.05) is 18.3 Å². The highest BCUT2D eigenvalue weighted by Crippen LogP contribution is 2.16.